The smallest absolute Gasteiger partial charge is 0.261 e. The average molecular weight is 294 g/mol. The van der Waals surface area contributed by atoms with Crippen LogP contribution in [0.1, 0.15) is 18.2 Å². The van der Waals surface area contributed by atoms with Crippen molar-refractivity contribution >= 4 is 5.84 Å². The summed E-state index contributed by atoms with van der Waals surface area (Å²) in [6.45, 7) is 7.80. The van der Waals surface area contributed by atoms with Gasteiger partial charge in [-0.05, 0) is 25.6 Å². The predicted molar refractivity (Wildman–Crippen MR) is 79.8 cm³/mol. The molecular formula is C14H22N4O3. The van der Waals surface area contributed by atoms with Gasteiger partial charge in [0.1, 0.15) is 0 Å². The van der Waals surface area contributed by atoms with Crippen LogP contribution in [0.4, 0.5) is 0 Å². The van der Waals surface area contributed by atoms with Gasteiger partial charge in [0.05, 0.1) is 24.8 Å². The first-order chi connectivity index (χ1) is 10.1. The van der Waals surface area contributed by atoms with E-state index in [0.717, 1.165) is 25.3 Å². The van der Waals surface area contributed by atoms with E-state index in [2.05, 4.69) is 17.0 Å². The van der Waals surface area contributed by atoms with Crippen LogP contribution in [0.15, 0.2) is 22.1 Å². The standard InChI is InChI=1S/C14H22N4O3/c1-3-17-6-7-21-11(8-17)9-18-10(2)4-5-12(14(18)19)13(15)16-20/h4-5,11,20H,3,6-9H2,1-2H3,(H2,15,16). The minimum atomic E-state index is -0.262. The van der Waals surface area contributed by atoms with Gasteiger partial charge in [-0.15, -0.1) is 0 Å². The van der Waals surface area contributed by atoms with Gasteiger partial charge in [-0.1, -0.05) is 12.1 Å². The zero-order valence-electron chi connectivity index (χ0n) is 12.5. The molecule has 1 aliphatic heterocycles. The molecule has 1 saturated heterocycles. The summed E-state index contributed by atoms with van der Waals surface area (Å²) in [4.78, 5) is 14.7. The van der Waals surface area contributed by atoms with E-state index in [9.17, 15) is 4.79 Å². The molecule has 1 aromatic rings. The third-order valence-electron chi connectivity index (χ3n) is 3.83. The molecule has 0 bridgehead atoms. The van der Waals surface area contributed by atoms with Crippen LogP contribution >= 0.6 is 0 Å². The topological polar surface area (TPSA) is 93.1 Å². The molecule has 1 aromatic heterocycles. The lowest BCUT2D eigenvalue weighted by Crippen LogP contribution is -2.45. The van der Waals surface area contributed by atoms with Crippen molar-refractivity contribution in [1.29, 1.82) is 0 Å². The average Bonchev–Trinajstić information content (AvgIpc) is 2.51. The summed E-state index contributed by atoms with van der Waals surface area (Å²) in [7, 11) is 0. The van der Waals surface area contributed by atoms with Crippen LogP contribution in [0.25, 0.3) is 0 Å². The molecule has 1 atom stereocenters. The second-order valence-electron chi connectivity index (χ2n) is 5.18. The molecule has 116 valence electrons. The maximum absolute atomic E-state index is 12.4. The molecule has 0 aromatic carbocycles. The number of aryl methyl sites for hydroxylation is 1. The SMILES string of the molecule is CCN1CCOC(Cn2c(C)ccc(/C(N)=N/O)c2=O)C1. The second kappa shape index (κ2) is 6.73. The number of nitrogens with two attached hydrogens (primary N) is 1. The van der Waals surface area contributed by atoms with Gasteiger partial charge in [-0.25, -0.2) is 0 Å². The Bertz CT molecular complexity index is 582. The Kier molecular flexibility index (Phi) is 4.98. The molecule has 2 rings (SSSR count). The van der Waals surface area contributed by atoms with Gasteiger partial charge < -0.3 is 20.2 Å². The van der Waals surface area contributed by atoms with Crippen LogP contribution in [0.2, 0.25) is 0 Å². The van der Waals surface area contributed by atoms with E-state index in [1.165, 1.54) is 0 Å². The number of aromatic nitrogens is 1. The molecule has 0 aliphatic carbocycles. The van der Waals surface area contributed by atoms with Crippen molar-refractivity contribution < 1.29 is 9.94 Å². The van der Waals surface area contributed by atoms with Gasteiger partial charge in [-0.2, -0.15) is 0 Å². The highest BCUT2D eigenvalue weighted by Gasteiger charge is 2.21. The molecule has 0 radical (unpaired) electrons. The molecule has 0 spiro atoms. The number of oxime groups is 1. The maximum Gasteiger partial charge on any atom is 0.261 e. The zero-order valence-corrected chi connectivity index (χ0v) is 12.5. The molecule has 2 heterocycles. The van der Waals surface area contributed by atoms with Gasteiger partial charge in [0.15, 0.2) is 5.84 Å². The van der Waals surface area contributed by atoms with Crippen molar-refractivity contribution in [1.82, 2.24) is 9.47 Å². The molecule has 1 unspecified atom stereocenters. The molecule has 1 aliphatic rings. The first kappa shape index (κ1) is 15.5. The summed E-state index contributed by atoms with van der Waals surface area (Å²) in [6.07, 6.45) is -0.0300. The van der Waals surface area contributed by atoms with Gasteiger partial charge >= 0.3 is 0 Å². The highest BCUT2D eigenvalue weighted by Crippen LogP contribution is 2.08. The van der Waals surface area contributed by atoms with Crippen molar-refractivity contribution in [2.24, 2.45) is 10.9 Å². The number of morpholine rings is 1. The maximum atomic E-state index is 12.4. The van der Waals surface area contributed by atoms with Crippen LogP contribution in [0, 0.1) is 6.92 Å². The summed E-state index contributed by atoms with van der Waals surface area (Å²) in [5.41, 5.74) is 6.30. The number of ether oxygens (including phenoxy) is 1. The van der Waals surface area contributed by atoms with E-state index in [4.69, 9.17) is 15.7 Å². The number of pyridine rings is 1. The molecule has 3 N–H and O–H groups in total. The van der Waals surface area contributed by atoms with Crippen molar-refractivity contribution in [3.8, 4) is 0 Å². The van der Waals surface area contributed by atoms with E-state index in [0.29, 0.717) is 13.2 Å². The van der Waals surface area contributed by atoms with E-state index < -0.39 is 0 Å². The van der Waals surface area contributed by atoms with E-state index in [-0.39, 0.29) is 23.1 Å². The highest BCUT2D eigenvalue weighted by molar-refractivity contribution is 5.96. The minimum Gasteiger partial charge on any atom is -0.409 e. The summed E-state index contributed by atoms with van der Waals surface area (Å²) < 4.78 is 7.36. The fraction of sp³-hybridized carbons (Fsp3) is 0.571. The monoisotopic (exact) mass is 294 g/mol. The van der Waals surface area contributed by atoms with Crippen LogP contribution in [-0.2, 0) is 11.3 Å². The quantitative estimate of drug-likeness (QED) is 0.352. The Morgan fingerprint density at radius 1 is 1.57 bits per heavy atom. The Morgan fingerprint density at radius 3 is 3.00 bits per heavy atom. The second-order valence-corrected chi connectivity index (χ2v) is 5.18. The number of rotatable bonds is 4. The highest BCUT2D eigenvalue weighted by atomic mass is 16.5. The lowest BCUT2D eigenvalue weighted by molar-refractivity contribution is -0.0349. The molecule has 0 saturated carbocycles. The number of hydrogen-bond donors (Lipinski definition) is 2. The fourth-order valence-corrected chi connectivity index (χ4v) is 2.53. The van der Waals surface area contributed by atoms with Crippen LogP contribution < -0.4 is 11.3 Å². The minimum absolute atomic E-state index is 0.0300. The van der Waals surface area contributed by atoms with Crippen LogP contribution in [0.3, 0.4) is 0 Å². The summed E-state index contributed by atoms with van der Waals surface area (Å²) in [5, 5.41) is 11.6. The van der Waals surface area contributed by atoms with Gasteiger partial charge in [0, 0.05) is 18.8 Å². The Labute approximate surface area is 123 Å². The van der Waals surface area contributed by atoms with Crippen LogP contribution in [-0.4, -0.2) is 52.9 Å². The Morgan fingerprint density at radius 2 is 2.33 bits per heavy atom. The Hall–Kier alpha value is -1.86. The van der Waals surface area contributed by atoms with Crippen LogP contribution in [0.5, 0.6) is 0 Å². The molecule has 7 nitrogen and oxygen atoms in total. The molecule has 1 fully saturated rings. The zero-order chi connectivity index (χ0) is 15.4. The fourth-order valence-electron chi connectivity index (χ4n) is 2.53. The lowest BCUT2D eigenvalue weighted by Gasteiger charge is -2.32. The molecule has 7 heteroatoms. The Balaban J connectivity index is 2.25. The van der Waals surface area contributed by atoms with Crippen molar-refractivity contribution in [3.05, 3.63) is 33.7 Å². The van der Waals surface area contributed by atoms with E-state index >= 15 is 0 Å². The number of likely N-dealkylation sites (N-methyl/N-ethyl adjacent to an activating group) is 1. The normalized spacial score (nSPS) is 20.7. The van der Waals surface area contributed by atoms with Gasteiger partial charge in [0.25, 0.3) is 5.56 Å². The predicted octanol–water partition coefficient (Wildman–Crippen LogP) is -0.0281. The first-order valence-corrected chi connectivity index (χ1v) is 7.09. The first-order valence-electron chi connectivity index (χ1n) is 7.09. The van der Waals surface area contributed by atoms with Crippen molar-refractivity contribution in [2.75, 3.05) is 26.2 Å². The summed E-state index contributed by atoms with van der Waals surface area (Å²) in [6, 6.07) is 3.36. The van der Waals surface area contributed by atoms with Crippen molar-refractivity contribution in [2.45, 2.75) is 26.5 Å². The molecule has 0 amide bonds. The third kappa shape index (κ3) is 3.43. The van der Waals surface area contributed by atoms with E-state index in [1.807, 2.05) is 6.92 Å². The van der Waals surface area contributed by atoms with Gasteiger partial charge in [0.2, 0.25) is 0 Å². The third-order valence-corrected chi connectivity index (χ3v) is 3.83. The van der Waals surface area contributed by atoms with E-state index in [1.54, 1.807) is 16.7 Å². The summed E-state index contributed by atoms with van der Waals surface area (Å²) >= 11 is 0. The molecule has 21 heavy (non-hydrogen) atoms. The number of nitrogens with zero attached hydrogens (tertiary/aromatic N) is 3. The molecular weight excluding hydrogens is 272 g/mol. The largest absolute Gasteiger partial charge is 0.409 e. The van der Waals surface area contributed by atoms with Crippen molar-refractivity contribution in [3.63, 3.8) is 0 Å². The summed E-state index contributed by atoms with van der Waals surface area (Å²) in [5.74, 6) is -0.173. The number of hydrogen-bond acceptors (Lipinski definition) is 5. The lowest BCUT2D eigenvalue weighted by atomic mass is 10.2. The van der Waals surface area contributed by atoms with Gasteiger partial charge in [-0.3, -0.25) is 9.69 Å². The number of amidine groups is 1.